The lowest BCUT2D eigenvalue weighted by Crippen LogP contribution is -2.38. The molecule has 27 heavy (non-hydrogen) atoms. The number of halogens is 1. The molecule has 0 atom stereocenters. The first kappa shape index (κ1) is 18.1. The van der Waals surface area contributed by atoms with Gasteiger partial charge in [0.2, 0.25) is 0 Å². The molecule has 2 heterocycles. The fourth-order valence-corrected chi connectivity index (χ4v) is 4.11. The van der Waals surface area contributed by atoms with Crippen LogP contribution in [0.3, 0.4) is 0 Å². The minimum absolute atomic E-state index is 0.0691. The number of benzene rings is 1. The summed E-state index contributed by atoms with van der Waals surface area (Å²) in [6.07, 6.45) is 6.13. The van der Waals surface area contributed by atoms with Crippen LogP contribution in [0, 0.1) is 5.92 Å². The van der Waals surface area contributed by atoms with Gasteiger partial charge in [-0.3, -0.25) is 4.79 Å². The lowest BCUT2D eigenvalue weighted by Gasteiger charge is -2.32. The van der Waals surface area contributed by atoms with Gasteiger partial charge in [-0.25, -0.2) is 4.98 Å². The number of ether oxygens (including phenoxy) is 1. The molecular formula is C21H24ClN3O2. The van der Waals surface area contributed by atoms with Crippen molar-refractivity contribution >= 4 is 29.0 Å². The number of anilines is 2. The first-order valence-corrected chi connectivity index (χ1v) is 9.96. The van der Waals surface area contributed by atoms with Crippen molar-refractivity contribution in [3.05, 3.63) is 47.1 Å². The Morgan fingerprint density at radius 3 is 2.81 bits per heavy atom. The fraction of sp³-hybridized carbons (Fsp3) is 0.429. The summed E-state index contributed by atoms with van der Waals surface area (Å²) in [6, 6.07) is 9.52. The number of rotatable bonds is 3. The van der Waals surface area contributed by atoms with Crippen molar-refractivity contribution in [3.8, 4) is 5.75 Å². The van der Waals surface area contributed by atoms with Crippen molar-refractivity contribution in [2.24, 2.45) is 5.92 Å². The standard InChI is InChI=1S/C21H24ClN3O2/c1-14-7-9-15(10-8-14)24-21(26)16-4-2-6-18-19(16)27-13-12-25(18)20-17(22)5-3-11-23-20/h2-6,11,14-15H,7-10,12-13H2,1H3,(H,24,26)/t14-,15-. The third-order valence-electron chi connectivity index (χ3n) is 5.44. The van der Waals surface area contributed by atoms with E-state index in [1.165, 1.54) is 12.8 Å². The molecule has 142 valence electrons. The normalized spacial score (nSPS) is 21.9. The molecule has 1 aromatic heterocycles. The van der Waals surface area contributed by atoms with E-state index in [4.69, 9.17) is 16.3 Å². The number of amides is 1. The van der Waals surface area contributed by atoms with E-state index >= 15 is 0 Å². The van der Waals surface area contributed by atoms with Crippen LogP contribution in [0.15, 0.2) is 36.5 Å². The summed E-state index contributed by atoms with van der Waals surface area (Å²) in [5.74, 6) is 1.97. The Bertz CT molecular complexity index is 834. The SMILES string of the molecule is C[C@H]1CC[C@H](NC(=O)c2cccc3c2OCCN3c2ncccc2Cl)CC1. The Morgan fingerprint density at radius 2 is 2.04 bits per heavy atom. The summed E-state index contributed by atoms with van der Waals surface area (Å²) in [5.41, 5.74) is 1.40. The molecular weight excluding hydrogens is 362 g/mol. The molecule has 0 radical (unpaired) electrons. The van der Waals surface area contributed by atoms with E-state index in [1.807, 2.05) is 35.2 Å². The average Bonchev–Trinajstić information content (AvgIpc) is 2.69. The zero-order valence-corrected chi connectivity index (χ0v) is 16.2. The average molecular weight is 386 g/mol. The van der Waals surface area contributed by atoms with Crippen molar-refractivity contribution in [1.29, 1.82) is 0 Å². The van der Waals surface area contributed by atoms with Crippen molar-refractivity contribution in [1.82, 2.24) is 10.3 Å². The maximum atomic E-state index is 12.9. The second-order valence-corrected chi connectivity index (χ2v) is 7.80. The van der Waals surface area contributed by atoms with Gasteiger partial charge in [-0.15, -0.1) is 0 Å². The molecule has 1 N–H and O–H groups in total. The molecule has 1 aliphatic heterocycles. The number of carbonyl (C=O) groups excluding carboxylic acids is 1. The van der Waals surface area contributed by atoms with E-state index < -0.39 is 0 Å². The molecule has 1 amide bonds. The quantitative estimate of drug-likeness (QED) is 0.840. The largest absolute Gasteiger partial charge is 0.489 e. The highest BCUT2D eigenvalue weighted by molar-refractivity contribution is 6.33. The van der Waals surface area contributed by atoms with Gasteiger partial charge >= 0.3 is 0 Å². The number of nitrogens with zero attached hydrogens (tertiary/aromatic N) is 2. The molecule has 0 saturated heterocycles. The fourth-order valence-electron chi connectivity index (χ4n) is 3.89. The highest BCUT2D eigenvalue weighted by Crippen LogP contribution is 2.40. The van der Waals surface area contributed by atoms with Crippen LogP contribution in [0.1, 0.15) is 43.0 Å². The molecule has 2 aromatic rings. The van der Waals surface area contributed by atoms with E-state index in [0.717, 1.165) is 24.4 Å². The van der Waals surface area contributed by atoms with E-state index in [2.05, 4.69) is 17.2 Å². The van der Waals surface area contributed by atoms with Crippen molar-refractivity contribution < 1.29 is 9.53 Å². The number of carbonyl (C=O) groups is 1. The Morgan fingerprint density at radius 1 is 1.22 bits per heavy atom. The summed E-state index contributed by atoms with van der Waals surface area (Å²) in [5, 5.41) is 3.77. The molecule has 4 rings (SSSR count). The van der Waals surface area contributed by atoms with Gasteiger partial charge in [0.05, 0.1) is 22.8 Å². The Labute approximate surface area is 164 Å². The van der Waals surface area contributed by atoms with Gasteiger partial charge in [-0.05, 0) is 55.9 Å². The predicted octanol–water partition coefficient (Wildman–Crippen LogP) is 4.57. The van der Waals surface area contributed by atoms with Gasteiger partial charge in [0.1, 0.15) is 6.61 Å². The minimum atomic E-state index is -0.0691. The maximum Gasteiger partial charge on any atom is 0.255 e. The zero-order valence-electron chi connectivity index (χ0n) is 15.5. The molecule has 6 heteroatoms. The third kappa shape index (κ3) is 3.74. The number of aromatic nitrogens is 1. The summed E-state index contributed by atoms with van der Waals surface area (Å²) in [7, 11) is 0. The number of para-hydroxylation sites is 1. The highest BCUT2D eigenvalue weighted by atomic mass is 35.5. The van der Waals surface area contributed by atoms with Gasteiger partial charge in [-0.1, -0.05) is 24.6 Å². The van der Waals surface area contributed by atoms with Crippen LogP contribution in [-0.4, -0.2) is 30.1 Å². The molecule has 0 unspecified atom stereocenters. The second kappa shape index (κ2) is 7.77. The maximum absolute atomic E-state index is 12.9. The zero-order chi connectivity index (χ0) is 18.8. The number of fused-ring (bicyclic) bond motifs is 1. The molecule has 0 spiro atoms. The first-order valence-electron chi connectivity index (χ1n) is 9.58. The molecule has 0 bridgehead atoms. The van der Waals surface area contributed by atoms with Crippen LogP contribution in [0.4, 0.5) is 11.5 Å². The van der Waals surface area contributed by atoms with Gasteiger partial charge < -0.3 is 15.0 Å². The summed E-state index contributed by atoms with van der Waals surface area (Å²) < 4.78 is 5.90. The molecule has 5 nitrogen and oxygen atoms in total. The van der Waals surface area contributed by atoms with Crippen LogP contribution < -0.4 is 15.0 Å². The van der Waals surface area contributed by atoms with Gasteiger partial charge in [0.25, 0.3) is 5.91 Å². The van der Waals surface area contributed by atoms with Crippen molar-refractivity contribution in [3.63, 3.8) is 0 Å². The van der Waals surface area contributed by atoms with E-state index in [9.17, 15) is 4.79 Å². The van der Waals surface area contributed by atoms with Crippen LogP contribution in [0.5, 0.6) is 5.75 Å². The molecule has 1 aromatic carbocycles. The van der Waals surface area contributed by atoms with Crippen LogP contribution in [0.2, 0.25) is 5.02 Å². The summed E-state index contributed by atoms with van der Waals surface area (Å²) in [4.78, 5) is 19.4. The number of hydrogen-bond acceptors (Lipinski definition) is 4. The van der Waals surface area contributed by atoms with Gasteiger partial charge in [0, 0.05) is 12.2 Å². The molecule has 2 aliphatic rings. The van der Waals surface area contributed by atoms with Crippen LogP contribution in [-0.2, 0) is 0 Å². The predicted molar refractivity (Wildman–Crippen MR) is 107 cm³/mol. The topological polar surface area (TPSA) is 54.5 Å². The Kier molecular flexibility index (Phi) is 5.21. The van der Waals surface area contributed by atoms with Crippen molar-refractivity contribution in [2.75, 3.05) is 18.1 Å². The van der Waals surface area contributed by atoms with Crippen LogP contribution in [0.25, 0.3) is 0 Å². The molecule has 1 fully saturated rings. The number of pyridine rings is 1. The summed E-state index contributed by atoms with van der Waals surface area (Å²) in [6.45, 7) is 3.39. The molecule has 1 saturated carbocycles. The van der Waals surface area contributed by atoms with E-state index in [-0.39, 0.29) is 11.9 Å². The van der Waals surface area contributed by atoms with Crippen LogP contribution >= 0.6 is 11.6 Å². The first-order chi connectivity index (χ1) is 13.1. The van der Waals surface area contributed by atoms with E-state index in [0.29, 0.717) is 35.3 Å². The lowest BCUT2D eigenvalue weighted by atomic mass is 9.87. The minimum Gasteiger partial charge on any atom is -0.489 e. The second-order valence-electron chi connectivity index (χ2n) is 7.39. The highest BCUT2D eigenvalue weighted by Gasteiger charge is 2.28. The monoisotopic (exact) mass is 385 g/mol. The Balaban J connectivity index is 1.60. The van der Waals surface area contributed by atoms with Gasteiger partial charge in [0.15, 0.2) is 11.6 Å². The van der Waals surface area contributed by atoms with Crippen molar-refractivity contribution in [2.45, 2.75) is 38.6 Å². The smallest absolute Gasteiger partial charge is 0.255 e. The van der Waals surface area contributed by atoms with Gasteiger partial charge in [-0.2, -0.15) is 0 Å². The molecule has 1 aliphatic carbocycles. The van der Waals surface area contributed by atoms with E-state index in [1.54, 1.807) is 6.20 Å². The third-order valence-corrected chi connectivity index (χ3v) is 5.73. The summed E-state index contributed by atoms with van der Waals surface area (Å²) >= 11 is 6.34. The Hall–Kier alpha value is -2.27. The number of nitrogens with one attached hydrogen (secondary N) is 1. The lowest BCUT2D eigenvalue weighted by molar-refractivity contribution is 0.0918. The number of hydrogen-bond donors (Lipinski definition) is 1.